The Labute approximate surface area is 54.7 Å². The van der Waals surface area contributed by atoms with Gasteiger partial charge in [0, 0.05) is 0 Å². The highest BCUT2D eigenvalue weighted by Gasteiger charge is 2.28. The van der Waals surface area contributed by atoms with Gasteiger partial charge in [0.15, 0.2) is 0 Å². The van der Waals surface area contributed by atoms with Crippen LogP contribution in [-0.4, -0.2) is 12.7 Å². The van der Waals surface area contributed by atoms with Crippen molar-refractivity contribution in [2.75, 3.05) is 6.54 Å². The van der Waals surface area contributed by atoms with Crippen LogP contribution in [0.3, 0.4) is 0 Å². The van der Waals surface area contributed by atoms with E-state index in [0.717, 1.165) is 12.8 Å². The Morgan fingerprint density at radius 2 is 2.33 bits per heavy atom. The van der Waals surface area contributed by atoms with E-state index in [9.17, 15) is 4.39 Å². The average molecular weight is 127 g/mol. The van der Waals surface area contributed by atoms with E-state index < -0.39 is 6.17 Å². The number of halogens is 1. The first-order chi connectivity index (χ1) is 4.34. The maximum Gasteiger partial charge on any atom is 0.220 e. The topological polar surface area (TPSA) is 4.36 Å². The molecule has 0 N–H and O–H groups in total. The predicted octanol–water partition coefficient (Wildman–Crippen LogP) is 2.04. The summed E-state index contributed by atoms with van der Waals surface area (Å²) >= 11 is 0. The van der Waals surface area contributed by atoms with E-state index in [2.05, 4.69) is 4.85 Å². The van der Waals surface area contributed by atoms with E-state index in [1.54, 1.807) is 0 Å². The Morgan fingerprint density at radius 3 is 2.78 bits per heavy atom. The molecular formula is C7H10FN. The standard InChI is InChI=1S/C7H10FN/c1-9-5-6-3-2-4-7(6)8/h6-7H,2-5H2. The summed E-state index contributed by atoms with van der Waals surface area (Å²) in [6.45, 7) is 6.91. The number of alkyl halides is 1. The molecule has 1 nitrogen and oxygen atoms in total. The van der Waals surface area contributed by atoms with Crippen molar-refractivity contribution in [1.82, 2.24) is 0 Å². The van der Waals surface area contributed by atoms with E-state index in [0.29, 0.717) is 13.0 Å². The maximum atomic E-state index is 12.6. The number of hydrogen-bond donors (Lipinski definition) is 0. The van der Waals surface area contributed by atoms with Gasteiger partial charge in [-0.2, -0.15) is 0 Å². The van der Waals surface area contributed by atoms with Crippen molar-refractivity contribution in [3.63, 3.8) is 0 Å². The number of hydrogen-bond acceptors (Lipinski definition) is 0. The lowest BCUT2D eigenvalue weighted by atomic mass is 10.1. The lowest BCUT2D eigenvalue weighted by Crippen LogP contribution is -2.09. The summed E-state index contributed by atoms with van der Waals surface area (Å²) in [5.74, 6) is 0.0579. The molecule has 50 valence electrons. The van der Waals surface area contributed by atoms with Gasteiger partial charge in [0.25, 0.3) is 0 Å². The van der Waals surface area contributed by atoms with Gasteiger partial charge in [-0.15, -0.1) is 0 Å². The van der Waals surface area contributed by atoms with Crippen LogP contribution in [0.15, 0.2) is 0 Å². The highest BCUT2D eigenvalue weighted by atomic mass is 19.1. The van der Waals surface area contributed by atoms with Gasteiger partial charge in [-0.3, -0.25) is 0 Å². The third kappa shape index (κ3) is 1.41. The first-order valence-electron chi connectivity index (χ1n) is 3.32. The molecule has 0 radical (unpaired) electrons. The van der Waals surface area contributed by atoms with Crippen molar-refractivity contribution in [3.8, 4) is 0 Å². The van der Waals surface area contributed by atoms with Gasteiger partial charge >= 0.3 is 0 Å². The SMILES string of the molecule is [C-]#[N+]CC1CCCC1F. The molecule has 0 spiro atoms. The smallest absolute Gasteiger partial charge is 0.220 e. The Hall–Kier alpha value is -0.580. The zero-order valence-corrected chi connectivity index (χ0v) is 5.31. The van der Waals surface area contributed by atoms with Gasteiger partial charge in [-0.25, -0.2) is 11.0 Å². The van der Waals surface area contributed by atoms with E-state index in [1.807, 2.05) is 0 Å². The molecule has 1 rings (SSSR count). The highest BCUT2D eigenvalue weighted by molar-refractivity contribution is 4.82. The highest BCUT2D eigenvalue weighted by Crippen LogP contribution is 2.28. The quantitative estimate of drug-likeness (QED) is 0.475. The van der Waals surface area contributed by atoms with Crippen LogP contribution < -0.4 is 0 Å². The van der Waals surface area contributed by atoms with Crippen LogP contribution in [-0.2, 0) is 0 Å². The third-order valence-corrected chi connectivity index (χ3v) is 1.89. The normalized spacial score (nSPS) is 34.2. The third-order valence-electron chi connectivity index (χ3n) is 1.89. The maximum absolute atomic E-state index is 12.6. The van der Waals surface area contributed by atoms with Gasteiger partial charge in [-0.1, -0.05) is 0 Å². The second kappa shape index (κ2) is 2.82. The average Bonchev–Trinajstić information content (AvgIpc) is 2.18. The molecule has 1 saturated carbocycles. The van der Waals surface area contributed by atoms with Crippen LogP contribution in [0, 0.1) is 12.5 Å². The van der Waals surface area contributed by atoms with Crippen molar-refractivity contribution < 1.29 is 4.39 Å². The molecular weight excluding hydrogens is 117 g/mol. The fraction of sp³-hybridized carbons (Fsp3) is 0.857. The summed E-state index contributed by atoms with van der Waals surface area (Å²) in [6.07, 6.45) is 1.89. The van der Waals surface area contributed by atoms with E-state index in [4.69, 9.17) is 6.57 Å². The lowest BCUT2D eigenvalue weighted by molar-refractivity contribution is 0.275. The molecule has 0 aliphatic heterocycles. The molecule has 9 heavy (non-hydrogen) atoms. The second-order valence-corrected chi connectivity index (χ2v) is 2.55. The minimum Gasteiger partial charge on any atom is -0.317 e. The summed E-state index contributed by atoms with van der Waals surface area (Å²) in [5.41, 5.74) is 0. The van der Waals surface area contributed by atoms with Crippen molar-refractivity contribution in [1.29, 1.82) is 0 Å². The fourth-order valence-corrected chi connectivity index (χ4v) is 1.31. The zero-order chi connectivity index (χ0) is 6.69. The molecule has 0 aromatic heterocycles. The molecule has 2 heteroatoms. The Balaban J connectivity index is 2.33. The molecule has 0 aromatic rings. The van der Waals surface area contributed by atoms with E-state index in [1.165, 1.54) is 0 Å². The largest absolute Gasteiger partial charge is 0.317 e. The number of rotatable bonds is 1. The van der Waals surface area contributed by atoms with Gasteiger partial charge in [-0.05, 0) is 19.3 Å². The van der Waals surface area contributed by atoms with Crippen molar-refractivity contribution in [2.24, 2.45) is 5.92 Å². The molecule has 1 aliphatic rings. The summed E-state index contributed by atoms with van der Waals surface area (Å²) in [7, 11) is 0. The van der Waals surface area contributed by atoms with Crippen LogP contribution in [0.5, 0.6) is 0 Å². The van der Waals surface area contributed by atoms with Crippen LogP contribution >= 0.6 is 0 Å². The minimum absolute atomic E-state index is 0.0579. The molecule has 0 saturated heterocycles. The summed E-state index contributed by atoms with van der Waals surface area (Å²) < 4.78 is 12.6. The minimum atomic E-state index is -0.681. The van der Waals surface area contributed by atoms with Gasteiger partial charge in [0.1, 0.15) is 6.17 Å². The van der Waals surface area contributed by atoms with E-state index in [-0.39, 0.29) is 5.92 Å². The molecule has 0 amide bonds. The molecule has 2 atom stereocenters. The monoisotopic (exact) mass is 127 g/mol. The molecule has 1 aliphatic carbocycles. The van der Waals surface area contributed by atoms with Crippen molar-refractivity contribution >= 4 is 0 Å². The fourth-order valence-electron chi connectivity index (χ4n) is 1.31. The van der Waals surface area contributed by atoms with Gasteiger partial charge in [0.2, 0.25) is 6.54 Å². The molecule has 0 aromatic carbocycles. The van der Waals surface area contributed by atoms with Crippen molar-refractivity contribution in [2.45, 2.75) is 25.4 Å². The molecule has 0 heterocycles. The summed E-state index contributed by atoms with van der Waals surface area (Å²) in [4.78, 5) is 3.18. The molecule has 0 bridgehead atoms. The Morgan fingerprint density at radius 1 is 1.56 bits per heavy atom. The summed E-state index contributed by atoms with van der Waals surface area (Å²) in [5, 5.41) is 0. The zero-order valence-electron chi connectivity index (χ0n) is 5.31. The first kappa shape index (κ1) is 6.54. The van der Waals surface area contributed by atoms with Crippen LogP contribution in [0.1, 0.15) is 19.3 Å². The predicted molar refractivity (Wildman–Crippen MR) is 33.7 cm³/mol. The Bertz CT molecular complexity index is 127. The van der Waals surface area contributed by atoms with Crippen LogP contribution in [0.4, 0.5) is 4.39 Å². The van der Waals surface area contributed by atoms with Crippen LogP contribution in [0.25, 0.3) is 4.85 Å². The lowest BCUT2D eigenvalue weighted by Gasteiger charge is -2.02. The molecule has 2 unspecified atom stereocenters. The first-order valence-corrected chi connectivity index (χ1v) is 3.32. The summed E-state index contributed by atoms with van der Waals surface area (Å²) in [6, 6.07) is 0. The van der Waals surface area contributed by atoms with Gasteiger partial charge < -0.3 is 4.85 Å². The second-order valence-electron chi connectivity index (χ2n) is 2.55. The molecule has 1 fully saturated rings. The van der Waals surface area contributed by atoms with E-state index >= 15 is 0 Å². The van der Waals surface area contributed by atoms with Crippen molar-refractivity contribution in [3.05, 3.63) is 11.4 Å². The Kier molecular flexibility index (Phi) is 2.05. The number of nitrogens with zero attached hydrogens (tertiary/aromatic N) is 1. The van der Waals surface area contributed by atoms with Gasteiger partial charge in [0.05, 0.1) is 5.92 Å². The van der Waals surface area contributed by atoms with Crippen LogP contribution in [0.2, 0.25) is 0 Å².